The number of aromatic nitrogens is 1. The number of amides is 1. The molecule has 2 N–H and O–H groups in total. The third kappa shape index (κ3) is 5.42. The maximum absolute atomic E-state index is 13.2. The molecule has 199 valence electrons. The standard InChI is InChI=1S/C33H27F2N4O/c1-4-21(31(34)35)15-28(37)29-8-7-23-10-19(2)9-20(11-30(23)39-29)17-38-32(40)24-6-5-22-12-25-13-26(25)16-33(3,18-36)27(22)14-24/h1,5-11,13-15,20,31,37H,12,16-17H2,2-3H3,(H,38,40)/b21-15+,37-28?/t20?,33-/m0/s1. The van der Waals surface area contributed by atoms with Gasteiger partial charge >= 0.3 is 0 Å². The van der Waals surface area contributed by atoms with Crippen LogP contribution in [0.5, 0.6) is 0 Å². The molecule has 5 rings (SSSR count). The maximum atomic E-state index is 13.2. The summed E-state index contributed by atoms with van der Waals surface area (Å²) in [5.74, 6) is 1.49. The number of allylic oxidation sites excluding steroid dienone is 5. The average molecular weight is 534 g/mol. The van der Waals surface area contributed by atoms with Crippen LogP contribution in [0, 0.1) is 41.4 Å². The molecule has 1 aromatic heterocycles. The number of carbonyl (C=O) groups is 1. The summed E-state index contributed by atoms with van der Waals surface area (Å²) in [5, 5.41) is 22.6. The molecule has 1 heterocycles. The average Bonchev–Trinajstić information content (AvgIpc) is 3.70. The summed E-state index contributed by atoms with van der Waals surface area (Å²) in [6, 6.07) is 11.4. The van der Waals surface area contributed by atoms with Crippen LogP contribution in [0.25, 0.3) is 12.2 Å². The van der Waals surface area contributed by atoms with Crippen molar-refractivity contribution in [2.45, 2.75) is 38.5 Å². The molecule has 0 aliphatic heterocycles. The molecule has 1 unspecified atom stereocenters. The molecule has 1 amide bonds. The van der Waals surface area contributed by atoms with E-state index in [9.17, 15) is 18.8 Å². The van der Waals surface area contributed by atoms with Gasteiger partial charge in [-0.3, -0.25) is 10.2 Å². The number of nitriles is 1. The van der Waals surface area contributed by atoms with Gasteiger partial charge in [-0.15, -0.1) is 6.42 Å². The Morgan fingerprint density at radius 1 is 1.30 bits per heavy atom. The summed E-state index contributed by atoms with van der Waals surface area (Å²) >= 11 is 0. The lowest BCUT2D eigenvalue weighted by Gasteiger charge is -2.24. The summed E-state index contributed by atoms with van der Waals surface area (Å²) < 4.78 is 26.1. The van der Waals surface area contributed by atoms with Crippen molar-refractivity contribution in [1.29, 1.82) is 10.7 Å². The van der Waals surface area contributed by atoms with E-state index in [-0.39, 0.29) is 23.2 Å². The predicted octanol–water partition coefficient (Wildman–Crippen LogP) is 4.08. The third-order valence-electron chi connectivity index (χ3n) is 7.48. The minimum absolute atomic E-state index is 0.197. The molecule has 5 nitrogen and oxygen atoms in total. The lowest BCUT2D eigenvalue weighted by Crippen LogP contribution is -2.33. The van der Waals surface area contributed by atoms with E-state index in [0.29, 0.717) is 23.9 Å². The Morgan fingerprint density at radius 3 is 2.83 bits per heavy atom. The molecule has 7 heteroatoms. The number of rotatable bonds is 6. The number of fused-ring (bicyclic) bond motifs is 2. The second-order valence-electron chi connectivity index (χ2n) is 10.6. The number of hydrogen-bond acceptors (Lipinski definition) is 4. The van der Waals surface area contributed by atoms with E-state index in [2.05, 4.69) is 22.8 Å². The number of carbonyl (C=O) groups excluding carboxylic acids is 1. The summed E-state index contributed by atoms with van der Waals surface area (Å²) in [4.78, 5) is 17.7. The van der Waals surface area contributed by atoms with E-state index in [1.54, 1.807) is 18.2 Å². The number of halogens is 2. The Morgan fingerprint density at radius 2 is 2.10 bits per heavy atom. The molecule has 1 radical (unpaired) electrons. The van der Waals surface area contributed by atoms with Gasteiger partial charge in [0.25, 0.3) is 12.3 Å². The van der Waals surface area contributed by atoms with Crippen LogP contribution in [0.3, 0.4) is 0 Å². The number of benzene rings is 1. The number of nitrogens with zero attached hydrogens (tertiary/aromatic N) is 2. The topological polar surface area (TPSA) is 89.6 Å². The van der Waals surface area contributed by atoms with Gasteiger partial charge in [0.1, 0.15) is 0 Å². The summed E-state index contributed by atoms with van der Waals surface area (Å²) in [6.45, 7) is 4.18. The van der Waals surface area contributed by atoms with Crippen molar-refractivity contribution < 1.29 is 13.6 Å². The molecule has 2 atom stereocenters. The van der Waals surface area contributed by atoms with Crippen LogP contribution in [-0.4, -0.2) is 29.6 Å². The van der Waals surface area contributed by atoms with Crippen LogP contribution < -0.4 is 15.9 Å². The summed E-state index contributed by atoms with van der Waals surface area (Å²) in [7, 11) is 0. The molecule has 0 saturated carbocycles. The Kier molecular flexibility index (Phi) is 7.08. The SMILES string of the molecule is C#C/C(=C\C(=N)c1ccc2c(n1)=CC(CNC(=O)c1ccc3c(c1)[C@](C)(C#N)CC1=C([CH]1)C3)C=C(C)C=2)C(F)F. The van der Waals surface area contributed by atoms with Crippen molar-refractivity contribution in [2.75, 3.05) is 6.54 Å². The first kappa shape index (κ1) is 27.0. The first-order chi connectivity index (χ1) is 19.1. The Bertz CT molecular complexity index is 1750. The minimum Gasteiger partial charge on any atom is -0.351 e. The normalized spacial score (nSPS) is 21.1. The lowest BCUT2D eigenvalue weighted by atomic mass is 9.77. The lowest BCUT2D eigenvalue weighted by molar-refractivity contribution is 0.0952. The Hall–Kier alpha value is -4.62. The van der Waals surface area contributed by atoms with Gasteiger partial charge in [-0.05, 0) is 68.2 Å². The van der Waals surface area contributed by atoms with Crippen LogP contribution in [0.2, 0.25) is 0 Å². The van der Waals surface area contributed by atoms with Gasteiger partial charge in [0.15, 0.2) is 0 Å². The fourth-order valence-electron chi connectivity index (χ4n) is 5.27. The van der Waals surface area contributed by atoms with Crippen molar-refractivity contribution in [3.8, 4) is 18.4 Å². The van der Waals surface area contributed by atoms with Crippen LogP contribution in [-0.2, 0) is 11.8 Å². The first-order valence-corrected chi connectivity index (χ1v) is 12.9. The maximum Gasteiger partial charge on any atom is 0.271 e. The number of terminal acetylenes is 1. The monoisotopic (exact) mass is 533 g/mol. The fourth-order valence-corrected chi connectivity index (χ4v) is 5.27. The highest BCUT2D eigenvalue weighted by atomic mass is 19.3. The molecule has 3 aliphatic rings. The van der Waals surface area contributed by atoms with Crippen molar-refractivity contribution in [1.82, 2.24) is 10.3 Å². The van der Waals surface area contributed by atoms with Crippen LogP contribution in [0.4, 0.5) is 8.78 Å². The summed E-state index contributed by atoms with van der Waals surface area (Å²) in [6.07, 6.45) is 12.7. The van der Waals surface area contributed by atoms with Gasteiger partial charge in [0, 0.05) is 29.7 Å². The number of alkyl halides is 2. The highest BCUT2D eigenvalue weighted by Crippen LogP contribution is 2.47. The second-order valence-corrected chi connectivity index (χ2v) is 10.6. The molecule has 0 spiro atoms. The van der Waals surface area contributed by atoms with Gasteiger partial charge in [0.05, 0.1) is 33.8 Å². The smallest absolute Gasteiger partial charge is 0.271 e. The molecular weight excluding hydrogens is 506 g/mol. The van der Waals surface area contributed by atoms with Gasteiger partial charge in [-0.2, -0.15) is 5.26 Å². The quantitative estimate of drug-likeness (QED) is 0.433. The third-order valence-corrected chi connectivity index (χ3v) is 7.48. The minimum atomic E-state index is -2.85. The zero-order valence-electron chi connectivity index (χ0n) is 22.2. The van der Waals surface area contributed by atoms with Crippen molar-refractivity contribution in [2.24, 2.45) is 5.92 Å². The van der Waals surface area contributed by atoms with Crippen LogP contribution >= 0.6 is 0 Å². The molecule has 0 saturated heterocycles. The van der Waals surface area contributed by atoms with E-state index >= 15 is 0 Å². The van der Waals surface area contributed by atoms with Gasteiger partial charge in [0.2, 0.25) is 0 Å². The molecule has 3 aliphatic carbocycles. The van der Waals surface area contributed by atoms with Crippen LogP contribution in [0.1, 0.15) is 47.4 Å². The molecule has 1 aromatic carbocycles. The Labute approximate surface area is 231 Å². The zero-order valence-corrected chi connectivity index (χ0v) is 22.2. The predicted molar refractivity (Wildman–Crippen MR) is 151 cm³/mol. The van der Waals surface area contributed by atoms with Crippen molar-refractivity contribution in [3.63, 3.8) is 0 Å². The molecular formula is C33H27F2N4O. The number of hydrogen-bond donors (Lipinski definition) is 2. The Balaban J connectivity index is 1.36. The van der Waals surface area contributed by atoms with E-state index in [4.69, 9.17) is 11.8 Å². The van der Waals surface area contributed by atoms with E-state index in [0.717, 1.165) is 34.4 Å². The van der Waals surface area contributed by atoms with E-state index in [1.807, 2.05) is 50.1 Å². The highest BCUT2D eigenvalue weighted by Gasteiger charge is 2.39. The van der Waals surface area contributed by atoms with Gasteiger partial charge < -0.3 is 5.32 Å². The van der Waals surface area contributed by atoms with Gasteiger partial charge in [-0.25, -0.2) is 13.8 Å². The molecule has 40 heavy (non-hydrogen) atoms. The highest BCUT2D eigenvalue weighted by molar-refractivity contribution is 6.05. The fraction of sp³-hybridized carbons (Fsp3) is 0.242. The van der Waals surface area contributed by atoms with Crippen molar-refractivity contribution >= 4 is 23.8 Å². The van der Waals surface area contributed by atoms with E-state index < -0.39 is 17.4 Å². The van der Waals surface area contributed by atoms with Crippen LogP contribution in [0.15, 0.2) is 64.8 Å². The molecule has 0 bridgehead atoms. The van der Waals surface area contributed by atoms with Crippen molar-refractivity contribution in [3.05, 3.63) is 104 Å². The molecule has 2 aromatic rings. The number of pyridine rings is 1. The largest absolute Gasteiger partial charge is 0.351 e. The first-order valence-electron chi connectivity index (χ1n) is 12.9. The number of nitrogens with one attached hydrogen (secondary N) is 2. The second kappa shape index (κ2) is 10.5. The zero-order chi connectivity index (χ0) is 28.6. The van der Waals surface area contributed by atoms with E-state index in [1.165, 1.54) is 11.1 Å². The summed E-state index contributed by atoms with van der Waals surface area (Å²) in [5.41, 5.74) is 4.73. The van der Waals surface area contributed by atoms with Gasteiger partial charge in [-0.1, -0.05) is 46.9 Å². The molecule has 0 fully saturated rings.